The van der Waals surface area contributed by atoms with Crippen LogP contribution >= 0.6 is 0 Å². The third-order valence-corrected chi connectivity index (χ3v) is 2.21. The van der Waals surface area contributed by atoms with Crippen molar-refractivity contribution in [3.63, 3.8) is 0 Å². The van der Waals surface area contributed by atoms with E-state index >= 15 is 0 Å². The maximum absolute atomic E-state index is 2.31. The van der Waals surface area contributed by atoms with Crippen molar-refractivity contribution in [1.82, 2.24) is 0 Å². The van der Waals surface area contributed by atoms with E-state index < -0.39 is 0 Å². The van der Waals surface area contributed by atoms with E-state index in [1.807, 2.05) is 0 Å². The van der Waals surface area contributed by atoms with E-state index in [0.717, 1.165) is 0 Å². The summed E-state index contributed by atoms with van der Waals surface area (Å²) in [4.78, 5) is 0. The lowest BCUT2D eigenvalue weighted by atomic mass is 10.1. The van der Waals surface area contributed by atoms with Crippen LogP contribution in [0.1, 0.15) is 26.2 Å². The van der Waals surface area contributed by atoms with Crippen LogP contribution in [-0.2, 0) is 0 Å². The second-order valence-electron chi connectivity index (χ2n) is 2.91. The Morgan fingerprint density at radius 2 is 2.20 bits per heavy atom. The summed E-state index contributed by atoms with van der Waals surface area (Å²) in [5.74, 6) is 0. The van der Waals surface area contributed by atoms with Crippen molar-refractivity contribution >= 4 is 0 Å². The molecule has 2 rings (SSSR count). The highest BCUT2D eigenvalue weighted by molar-refractivity contribution is 5.54. The Morgan fingerprint density at radius 3 is 2.80 bits per heavy atom. The van der Waals surface area contributed by atoms with Crippen molar-refractivity contribution in [2.45, 2.75) is 26.2 Å². The summed E-state index contributed by atoms with van der Waals surface area (Å²) in [6.07, 6.45) is 10.5. The molecule has 0 radical (unpaired) electrons. The van der Waals surface area contributed by atoms with Gasteiger partial charge in [0, 0.05) is 0 Å². The van der Waals surface area contributed by atoms with Gasteiger partial charge in [-0.1, -0.05) is 30.7 Å². The van der Waals surface area contributed by atoms with Crippen molar-refractivity contribution in [1.29, 1.82) is 0 Å². The second-order valence-corrected chi connectivity index (χ2v) is 2.91. The molecular formula is C10H12. The molecule has 2 aliphatic rings. The molecular weight excluding hydrogens is 120 g/mol. The lowest BCUT2D eigenvalue weighted by Gasteiger charge is -1.98. The van der Waals surface area contributed by atoms with E-state index in [1.54, 1.807) is 16.7 Å². The Hall–Kier alpha value is -0.780. The van der Waals surface area contributed by atoms with Gasteiger partial charge in [0.05, 0.1) is 0 Å². The number of rotatable bonds is 2. The molecule has 0 aromatic heterocycles. The van der Waals surface area contributed by atoms with E-state index in [2.05, 4.69) is 25.2 Å². The first-order chi connectivity index (χ1) is 4.92. The maximum atomic E-state index is 2.31. The first kappa shape index (κ1) is 5.96. The molecule has 0 heteroatoms. The number of allylic oxidation sites excluding steroid dienone is 6. The molecule has 0 aromatic rings. The molecule has 0 saturated heterocycles. The standard InChI is InChI=1S/C10H12/c1-2-8-4-3-5-10(8)9-6-7-9/h3,5-6H,2,4,7H2,1H3. The van der Waals surface area contributed by atoms with Crippen molar-refractivity contribution in [3.05, 3.63) is 34.9 Å². The molecule has 0 heterocycles. The zero-order valence-electron chi connectivity index (χ0n) is 6.35. The van der Waals surface area contributed by atoms with Gasteiger partial charge in [0.15, 0.2) is 0 Å². The van der Waals surface area contributed by atoms with E-state index in [9.17, 15) is 0 Å². The van der Waals surface area contributed by atoms with Crippen LogP contribution in [0.15, 0.2) is 34.9 Å². The van der Waals surface area contributed by atoms with Gasteiger partial charge in [0.25, 0.3) is 0 Å². The van der Waals surface area contributed by atoms with Crippen LogP contribution in [0.4, 0.5) is 0 Å². The number of hydrogen-bond acceptors (Lipinski definition) is 0. The van der Waals surface area contributed by atoms with E-state index in [4.69, 9.17) is 0 Å². The molecule has 0 aliphatic heterocycles. The molecule has 0 bridgehead atoms. The van der Waals surface area contributed by atoms with Gasteiger partial charge in [-0.25, -0.2) is 0 Å². The molecule has 0 atom stereocenters. The predicted molar refractivity (Wildman–Crippen MR) is 43.8 cm³/mol. The van der Waals surface area contributed by atoms with Gasteiger partial charge in [-0.05, 0) is 30.4 Å². The molecule has 0 aromatic carbocycles. The Morgan fingerprint density at radius 1 is 1.40 bits per heavy atom. The van der Waals surface area contributed by atoms with Gasteiger partial charge < -0.3 is 0 Å². The van der Waals surface area contributed by atoms with Crippen molar-refractivity contribution in [2.75, 3.05) is 0 Å². The largest absolute Gasteiger partial charge is 0.0798 e. The summed E-state index contributed by atoms with van der Waals surface area (Å²) in [6, 6.07) is 0. The van der Waals surface area contributed by atoms with E-state index in [1.165, 1.54) is 19.3 Å². The monoisotopic (exact) mass is 132 g/mol. The summed E-state index contributed by atoms with van der Waals surface area (Å²) in [6.45, 7) is 2.24. The lowest BCUT2D eigenvalue weighted by molar-refractivity contribution is 1.04. The maximum Gasteiger partial charge on any atom is -0.00884 e. The van der Waals surface area contributed by atoms with Crippen molar-refractivity contribution < 1.29 is 0 Å². The summed E-state index contributed by atoms with van der Waals surface area (Å²) < 4.78 is 0. The van der Waals surface area contributed by atoms with Gasteiger partial charge in [0.2, 0.25) is 0 Å². The Kier molecular flexibility index (Phi) is 1.26. The fourth-order valence-electron chi connectivity index (χ4n) is 1.49. The fourth-order valence-corrected chi connectivity index (χ4v) is 1.49. The zero-order chi connectivity index (χ0) is 6.97. The molecule has 0 nitrogen and oxygen atoms in total. The molecule has 0 unspecified atom stereocenters. The first-order valence-electron chi connectivity index (χ1n) is 3.99. The minimum absolute atomic E-state index is 1.20. The molecule has 0 N–H and O–H groups in total. The minimum Gasteiger partial charge on any atom is -0.0798 e. The summed E-state index contributed by atoms with van der Waals surface area (Å²) in [5, 5.41) is 0. The van der Waals surface area contributed by atoms with Crippen molar-refractivity contribution in [2.24, 2.45) is 0 Å². The Bertz CT molecular complexity index is 239. The molecule has 0 fully saturated rings. The highest BCUT2D eigenvalue weighted by Crippen LogP contribution is 2.35. The summed E-state index contributed by atoms with van der Waals surface area (Å²) in [5.41, 5.74) is 4.75. The fraction of sp³-hybridized carbons (Fsp3) is 0.400. The SMILES string of the molecule is CCC1=C(C2=CC2)C=CC1. The van der Waals surface area contributed by atoms with Gasteiger partial charge in [-0.15, -0.1) is 0 Å². The van der Waals surface area contributed by atoms with Gasteiger partial charge >= 0.3 is 0 Å². The molecule has 0 amide bonds. The van der Waals surface area contributed by atoms with Crippen LogP contribution in [-0.4, -0.2) is 0 Å². The Balaban J connectivity index is 2.27. The van der Waals surface area contributed by atoms with Gasteiger partial charge in [0.1, 0.15) is 0 Å². The summed E-state index contributed by atoms with van der Waals surface area (Å²) in [7, 11) is 0. The van der Waals surface area contributed by atoms with Gasteiger partial charge in [-0.2, -0.15) is 0 Å². The minimum atomic E-state index is 1.20. The molecule has 0 saturated carbocycles. The third-order valence-electron chi connectivity index (χ3n) is 2.21. The average molecular weight is 132 g/mol. The first-order valence-corrected chi connectivity index (χ1v) is 3.99. The van der Waals surface area contributed by atoms with Crippen LogP contribution in [0.25, 0.3) is 0 Å². The lowest BCUT2D eigenvalue weighted by Crippen LogP contribution is -1.79. The van der Waals surface area contributed by atoms with E-state index in [0.29, 0.717) is 0 Å². The Labute approximate surface area is 61.9 Å². The van der Waals surface area contributed by atoms with Crippen LogP contribution in [0.2, 0.25) is 0 Å². The average Bonchev–Trinajstić information content (AvgIpc) is 2.69. The summed E-state index contributed by atoms with van der Waals surface area (Å²) >= 11 is 0. The molecule has 0 spiro atoms. The zero-order valence-corrected chi connectivity index (χ0v) is 6.35. The highest BCUT2D eigenvalue weighted by Gasteiger charge is 2.16. The van der Waals surface area contributed by atoms with Gasteiger partial charge in [-0.3, -0.25) is 0 Å². The third kappa shape index (κ3) is 0.841. The smallest absolute Gasteiger partial charge is 0.00884 e. The quantitative estimate of drug-likeness (QED) is 0.542. The predicted octanol–water partition coefficient (Wildman–Crippen LogP) is 2.98. The van der Waals surface area contributed by atoms with Crippen LogP contribution in [0.3, 0.4) is 0 Å². The molecule has 52 valence electrons. The number of hydrogen-bond donors (Lipinski definition) is 0. The van der Waals surface area contributed by atoms with Crippen molar-refractivity contribution in [3.8, 4) is 0 Å². The van der Waals surface area contributed by atoms with Crippen LogP contribution < -0.4 is 0 Å². The molecule has 2 aliphatic carbocycles. The van der Waals surface area contributed by atoms with Crippen LogP contribution in [0, 0.1) is 0 Å². The van der Waals surface area contributed by atoms with Crippen LogP contribution in [0.5, 0.6) is 0 Å². The highest BCUT2D eigenvalue weighted by atomic mass is 14.2. The second kappa shape index (κ2) is 2.12. The topological polar surface area (TPSA) is 0 Å². The molecule has 10 heavy (non-hydrogen) atoms. The van der Waals surface area contributed by atoms with E-state index in [-0.39, 0.29) is 0 Å². The normalized spacial score (nSPS) is 21.9.